The van der Waals surface area contributed by atoms with E-state index in [0.29, 0.717) is 16.3 Å². The molecule has 0 unspecified atom stereocenters. The van der Waals surface area contributed by atoms with Gasteiger partial charge in [-0.05, 0) is 29.8 Å². The fourth-order valence-electron chi connectivity index (χ4n) is 2.04. The Morgan fingerprint density at radius 2 is 1.78 bits per heavy atom. The Labute approximate surface area is 145 Å². The van der Waals surface area contributed by atoms with E-state index in [4.69, 9.17) is 28.6 Å². The second-order valence-electron chi connectivity index (χ2n) is 5.15. The summed E-state index contributed by atoms with van der Waals surface area (Å²) in [6, 6.07) is 9.25. The van der Waals surface area contributed by atoms with E-state index in [0.717, 1.165) is 0 Å². The first-order valence-electron chi connectivity index (χ1n) is 6.58. The summed E-state index contributed by atoms with van der Waals surface area (Å²) in [5, 5.41) is 9.71. The van der Waals surface area contributed by atoms with Crippen molar-refractivity contribution in [2.24, 2.45) is 0 Å². The summed E-state index contributed by atoms with van der Waals surface area (Å²) in [4.78, 5) is 4.78. The van der Waals surface area contributed by atoms with E-state index >= 15 is 0 Å². The van der Waals surface area contributed by atoms with Crippen LogP contribution >= 0.6 is 23.2 Å². The molecule has 5 nitrogen and oxygen atoms in total. The van der Waals surface area contributed by atoms with Crippen LogP contribution in [0, 0.1) is 5.39 Å². The summed E-state index contributed by atoms with van der Waals surface area (Å²) in [6.07, 6.45) is 0. The lowest BCUT2D eigenvalue weighted by Crippen LogP contribution is -2.11. The highest BCUT2D eigenvalue weighted by Crippen LogP contribution is 2.32. The van der Waals surface area contributed by atoms with Crippen LogP contribution in [0.15, 0.2) is 41.3 Å². The number of diazo groups is 1. The summed E-state index contributed by atoms with van der Waals surface area (Å²) in [6.45, 7) is 0. The normalized spacial score (nSPS) is 11.1. The molecule has 0 spiro atoms. The summed E-state index contributed by atoms with van der Waals surface area (Å²) in [5.41, 5.74) is 1.18. The van der Waals surface area contributed by atoms with Crippen LogP contribution in [0.3, 0.4) is 0 Å². The van der Waals surface area contributed by atoms with Crippen molar-refractivity contribution in [1.82, 2.24) is 0 Å². The first-order valence-corrected chi connectivity index (χ1v) is 8.98. The average Bonchev–Trinajstić information content (AvgIpc) is 2.50. The minimum atomic E-state index is -3.72. The average molecular weight is 371 g/mol. The van der Waals surface area contributed by atoms with E-state index in [1.54, 1.807) is 37.2 Å². The van der Waals surface area contributed by atoms with E-state index < -0.39 is 9.84 Å². The van der Waals surface area contributed by atoms with Gasteiger partial charge < -0.3 is 4.90 Å². The maximum atomic E-state index is 12.7. The Morgan fingerprint density at radius 1 is 1.09 bits per heavy atom. The molecule has 0 N–H and O–H groups in total. The molecule has 0 aliphatic carbocycles. The molecule has 0 aliphatic heterocycles. The zero-order valence-electron chi connectivity index (χ0n) is 12.5. The van der Waals surface area contributed by atoms with Crippen LogP contribution in [-0.2, 0) is 15.6 Å². The minimum Gasteiger partial charge on any atom is -0.378 e. The van der Waals surface area contributed by atoms with Gasteiger partial charge in [-0.1, -0.05) is 29.3 Å². The Kier molecular flexibility index (Phi) is 5.15. The van der Waals surface area contributed by atoms with Crippen molar-refractivity contribution in [2.45, 2.75) is 10.6 Å². The van der Waals surface area contributed by atoms with Crippen LogP contribution in [0.2, 0.25) is 10.0 Å². The molecule has 8 heteroatoms. The molecule has 0 heterocycles. The molecular formula is C15H14Cl2N3O2S+. The van der Waals surface area contributed by atoms with Crippen molar-refractivity contribution in [3.63, 3.8) is 0 Å². The third-order valence-corrected chi connectivity index (χ3v) is 5.69. The highest BCUT2D eigenvalue weighted by atomic mass is 35.5. The zero-order chi connectivity index (χ0) is 17.2. The van der Waals surface area contributed by atoms with Gasteiger partial charge in [0.05, 0.1) is 15.8 Å². The molecule has 2 rings (SSSR count). The van der Waals surface area contributed by atoms with Gasteiger partial charge in [-0.3, -0.25) is 0 Å². The number of halogens is 2. The number of anilines is 1. The maximum Gasteiger partial charge on any atom is 0.403 e. The first kappa shape index (κ1) is 17.5. The van der Waals surface area contributed by atoms with Gasteiger partial charge >= 0.3 is 5.69 Å². The largest absolute Gasteiger partial charge is 0.403 e. The van der Waals surface area contributed by atoms with Gasteiger partial charge in [-0.15, -0.1) is 0 Å². The van der Waals surface area contributed by atoms with E-state index in [1.165, 1.54) is 18.2 Å². The second kappa shape index (κ2) is 6.75. The Morgan fingerprint density at radius 3 is 2.35 bits per heavy atom. The number of rotatable bonds is 4. The van der Waals surface area contributed by atoms with Crippen molar-refractivity contribution in [3.05, 3.63) is 57.0 Å². The number of hydrogen-bond donors (Lipinski definition) is 0. The van der Waals surface area contributed by atoms with Crippen molar-refractivity contribution < 1.29 is 8.42 Å². The highest BCUT2D eigenvalue weighted by molar-refractivity contribution is 7.90. The number of hydrogen-bond acceptors (Lipinski definition) is 4. The van der Waals surface area contributed by atoms with Crippen LogP contribution in [0.5, 0.6) is 0 Å². The highest BCUT2D eigenvalue weighted by Gasteiger charge is 2.27. The summed E-state index contributed by atoms with van der Waals surface area (Å²) >= 11 is 11.8. The van der Waals surface area contributed by atoms with Crippen LogP contribution in [0.4, 0.5) is 11.4 Å². The van der Waals surface area contributed by atoms with Crippen LogP contribution in [-0.4, -0.2) is 22.5 Å². The number of sulfone groups is 1. The van der Waals surface area contributed by atoms with Gasteiger partial charge in [-0.25, -0.2) is 8.42 Å². The van der Waals surface area contributed by atoms with Gasteiger partial charge in [0.25, 0.3) is 0 Å². The third-order valence-electron chi connectivity index (χ3n) is 3.24. The van der Waals surface area contributed by atoms with E-state index in [-0.39, 0.29) is 21.4 Å². The molecule has 0 bridgehead atoms. The van der Waals surface area contributed by atoms with Crippen molar-refractivity contribution in [3.8, 4) is 0 Å². The molecule has 0 fully saturated rings. The molecule has 2 aromatic carbocycles. The lowest BCUT2D eigenvalue weighted by Gasteiger charge is -2.12. The van der Waals surface area contributed by atoms with Gasteiger partial charge in [0.2, 0.25) is 5.39 Å². The molecule has 0 radical (unpaired) electrons. The molecule has 120 valence electrons. The van der Waals surface area contributed by atoms with Crippen LogP contribution in [0.25, 0.3) is 4.98 Å². The summed E-state index contributed by atoms with van der Waals surface area (Å²) in [5.74, 6) is -0.275. The lowest BCUT2D eigenvalue weighted by atomic mass is 10.2. The fourth-order valence-corrected chi connectivity index (χ4v) is 3.86. The molecule has 0 aliphatic rings. The van der Waals surface area contributed by atoms with Gasteiger partial charge in [0.1, 0.15) is 0 Å². The van der Waals surface area contributed by atoms with Gasteiger partial charge in [0.15, 0.2) is 19.7 Å². The number of benzene rings is 2. The lowest BCUT2D eigenvalue weighted by molar-refractivity contribution is 0.595. The van der Waals surface area contributed by atoms with E-state index in [2.05, 4.69) is 4.98 Å². The van der Waals surface area contributed by atoms with E-state index in [9.17, 15) is 8.42 Å². The van der Waals surface area contributed by atoms with Gasteiger partial charge in [0, 0.05) is 25.8 Å². The topological polar surface area (TPSA) is 65.5 Å². The second-order valence-corrected chi connectivity index (χ2v) is 7.93. The predicted octanol–water partition coefficient (Wildman–Crippen LogP) is 4.52. The molecule has 0 saturated carbocycles. The molecule has 0 aromatic heterocycles. The van der Waals surface area contributed by atoms with E-state index in [1.807, 2.05) is 0 Å². The first-order chi connectivity index (χ1) is 10.7. The zero-order valence-corrected chi connectivity index (χ0v) is 14.8. The van der Waals surface area contributed by atoms with Crippen molar-refractivity contribution >= 4 is 44.4 Å². The molecule has 23 heavy (non-hydrogen) atoms. The molecular weight excluding hydrogens is 357 g/mol. The predicted molar refractivity (Wildman–Crippen MR) is 92.9 cm³/mol. The maximum absolute atomic E-state index is 12.7. The molecule has 0 atom stereocenters. The summed E-state index contributed by atoms with van der Waals surface area (Å²) in [7, 11) is -0.140. The standard InChI is InChI=1S/C15H14Cl2N3O2S/c1-20(2)11-4-6-14(19-18)15(8-11)23(21,22)9-10-3-5-12(16)13(17)7-10/h3-8H,9H2,1-2H3/q+1. The van der Waals surface area contributed by atoms with Crippen molar-refractivity contribution in [2.75, 3.05) is 19.0 Å². The van der Waals surface area contributed by atoms with Crippen LogP contribution < -0.4 is 4.90 Å². The molecule has 0 amide bonds. The molecule has 0 saturated heterocycles. The third kappa shape index (κ3) is 3.94. The quantitative estimate of drug-likeness (QED) is 0.742. The Bertz CT molecular complexity index is 890. The van der Waals surface area contributed by atoms with Gasteiger partial charge in [-0.2, -0.15) is 0 Å². The minimum absolute atomic E-state index is 0.00402. The Balaban J connectivity index is 2.48. The molecule has 2 aromatic rings. The monoisotopic (exact) mass is 370 g/mol. The fraction of sp³-hybridized carbons (Fsp3) is 0.200. The van der Waals surface area contributed by atoms with Crippen LogP contribution in [0.1, 0.15) is 5.56 Å². The smallest absolute Gasteiger partial charge is 0.378 e. The summed E-state index contributed by atoms with van der Waals surface area (Å²) < 4.78 is 25.4. The Hall–Kier alpha value is -1.81. The SMILES string of the molecule is CN(C)c1ccc([N+]#N)c(S(=O)(=O)Cc2ccc(Cl)c(Cl)c2)c1. The number of nitrogens with zero attached hydrogens (tertiary/aromatic N) is 3. The van der Waals surface area contributed by atoms with Crippen molar-refractivity contribution in [1.29, 1.82) is 5.39 Å².